The number of anilines is 1. The van der Waals surface area contributed by atoms with Gasteiger partial charge in [-0.1, -0.05) is 30.3 Å². The van der Waals surface area contributed by atoms with Crippen LogP contribution in [-0.2, 0) is 16.4 Å². The van der Waals surface area contributed by atoms with E-state index in [0.717, 1.165) is 22.4 Å². The number of aryl methyl sites for hydroxylation is 2. The van der Waals surface area contributed by atoms with Crippen LogP contribution in [0.25, 0.3) is 0 Å². The van der Waals surface area contributed by atoms with Gasteiger partial charge in [0.15, 0.2) is 0 Å². The maximum Gasteiger partial charge on any atom is 0.233 e. The van der Waals surface area contributed by atoms with Crippen molar-refractivity contribution in [1.29, 1.82) is 0 Å². The Morgan fingerprint density at radius 3 is 2.53 bits per heavy atom. The first kappa shape index (κ1) is 21.7. The average Bonchev–Trinajstić information content (AvgIpc) is 3.31. The molecule has 0 amide bonds. The van der Waals surface area contributed by atoms with Crippen molar-refractivity contribution < 1.29 is 8.42 Å². The van der Waals surface area contributed by atoms with E-state index in [1.165, 1.54) is 17.5 Å². The minimum Gasteiger partial charge on any atom is -0.348 e. The van der Waals surface area contributed by atoms with E-state index < -0.39 is 10.0 Å². The topological polar surface area (TPSA) is 101 Å². The summed E-state index contributed by atoms with van der Waals surface area (Å²) in [6.45, 7) is 4.19. The molecule has 2 aromatic heterocycles. The number of sulfonamides is 1. The molecule has 0 saturated heterocycles. The number of rotatable bonds is 8. The van der Waals surface area contributed by atoms with Crippen molar-refractivity contribution in [2.75, 3.05) is 10.5 Å². The fourth-order valence-electron chi connectivity index (χ4n) is 3.76. The number of aromatic nitrogens is 4. The zero-order valence-electron chi connectivity index (χ0n) is 18.0. The Kier molecular flexibility index (Phi) is 6.32. The van der Waals surface area contributed by atoms with Crippen LogP contribution in [0.3, 0.4) is 0 Å². The Labute approximate surface area is 188 Å². The van der Waals surface area contributed by atoms with E-state index >= 15 is 0 Å². The predicted molar refractivity (Wildman–Crippen MR) is 125 cm³/mol. The summed E-state index contributed by atoms with van der Waals surface area (Å²) in [6, 6.07) is 13.8. The number of imidazole rings is 1. The van der Waals surface area contributed by atoms with Crippen molar-refractivity contribution in [2.45, 2.75) is 26.2 Å². The van der Waals surface area contributed by atoms with Crippen LogP contribution in [0.2, 0.25) is 0 Å². The van der Waals surface area contributed by atoms with E-state index in [1.807, 2.05) is 30.5 Å². The second-order valence-electron chi connectivity index (χ2n) is 7.77. The molecule has 1 unspecified atom stereocenters. The summed E-state index contributed by atoms with van der Waals surface area (Å²) in [5, 5.41) is 0. The number of nitrogens with zero attached hydrogens (tertiary/aromatic N) is 3. The highest BCUT2D eigenvalue weighted by atomic mass is 32.2. The number of nitrogens with one attached hydrogen (secondary N) is 2. The lowest BCUT2D eigenvalue weighted by Gasteiger charge is -2.21. The summed E-state index contributed by atoms with van der Waals surface area (Å²) < 4.78 is 28.1. The summed E-state index contributed by atoms with van der Waals surface area (Å²) in [4.78, 5) is 15.3. The molecule has 2 heterocycles. The van der Waals surface area contributed by atoms with Crippen LogP contribution in [-0.4, -0.2) is 34.1 Å². The minimum absolute atomic E-state index is 0.0500. The molecule has 0 radical (unpaired) electrons. The SMILES string of the molecule is Cc1cccc(C(c2cccc(NS(=O)(=O)CCc3cncnc3)c2)c2cnc[nH]2)c1C. The molecule has 0 fully saturated rings. The monoisotopic (exact) mass is 447 g/mol. The van der Waals surface area contributed by atoms with E-state index in [1.54, 1.807) is 24.8 Å². The molecule has 0 spiro atoms. The van der Waals surface area contributed by atoms with Crippen LogP contribution < -0.4 is 4.72 Å². The van der Waals surface area contributed by atoms with Crippen LogP contribution in [0.15, 0.2) is 73.7 Å². The van der Waals surface area contributed by atoms with Crippen LogP contribution >= 0.6 is 0 Å². The molecule has 8 heteroatoms. The molecule has 0 bridgehead atoms. The van der Waals surface area contributed by atoms with Crippen molar-refractivity contribution in [3.63, 3.8) is 0 Å². The summed E-state index contributed by atoms with van der Waals surface area (Å²) in [6.07, 6.45) is 8.49. The molecular weight excluding hydrogens is 422 g/mol. The van der Waals surface area contributed by atoms with Crippen molar-refractivity contribution in [3.8, 4) is 0 Å². The van der Waals surface area contributed by atoms with Crippen molar-refractivity contribution in [3.05, 3.63) is 107 Å². The van der Waals surface area contributed by atoms with Gasteiger partial charge in [-0.2, -0.15) is 0 Å². The number of benzene rings is 2. The molecule has 0 aliphatic rings. The zero-order chi connectivity index (χ0) is 22.6. The first-order valence-corrected chi connectivity index (χ1v) is 12.0. The van der Waals surface area contributed by atoms with Gasteiger partial charge in [0.05, 0.1) is 18.0 Å². The van der Waals surface area contributed by atoms with E-state index in [2.05, 4.69) is 50.6 Å². The number of hydrogen-bond donors (Lipinski definition) is 2. The molecule has 2 aromatic carbocycles. The molecule has 0 aliphatic heterocycles. The average molecular weight is 448 g/mol. The van der Waals surface area contributed by atoms with Gasteiger partial charge in [-0.3, -0.25) is 4.72 Å². The van der Waals surface area contributed by atoms with E-state index in [-0.39, 0.29) is 11.7 Å². The van der Waals surface area contributed by atoms with Crippen LogP contribution in [0.5, 0.6) is 0 Å². The second kappa shape index (κ2) is 9.32. The zero-order valence-corrected chi connectivity index (χ0v) is 18.8. The highest BCUT2D eigenvalue weighted by Gasteiger charge is 2.21. The van der Waals surface area contributed by atoms with Gasteiger partial charge >= 0.3 is 0 Å². The summed E-state index contributed by atoms with van der Waals surface area (Å²) >= 11 is 0. The van der Waals surface area contributed by atoms with Crippen LogP contribution in [0, 0.1) is 13.8 Å². The summed E-state index contributed by atoms with van der Waals surface area (Å²) in [5.74, 6) is -0.144. The molecular formula is C24H25N5O2S. The van der Waals surface area contributed by atoms with Gasteiger partial charge in [-0.15, -0.1) is 0 Å². The lowest BCUT2D eigenvalue weighted by Crippen LogP contribution is -2.18. The minimum atomic E-state index is -3.53. The summed E-state index contributed by atoms with van der Waals surface area (Å²) in [5.41, 5.74) is 6.78. The third kappa shape index (κ3) is 5.03. The molecule has 4 aromatic rings. The molecule has 0 aliphatic carbocycles. The Morgan fingerprint density at radius 1 is 1.00 bits per heavy atom. The molecule has 2 N–H and O–H groups in total. The van der Waals surface area contributed by atoms with E-state index in [0.29, 0.717) is 12.1 Å². The maximum absolute atomic E-state index is 12.7. The Balaban J connectivity index is 1.62. The van der Waals surface area contributed by atoms with Crippen molar-refractivity contribution >= 4 is 15.7 Å². The largest absolute Gasteiger partial charge is 0.348 e. The quantitative estimate of drug-likeness (QED) is 0.425. The van der Waals surface area contributed by atoms with Gasteiger partial charge < -0.3 is 4.98 Å². The normalized spacial score (nSPS) is 12.4. The maximum atomic E-state index is 12.7. The van der Waals surface area contributed by atoms with Crippen LogP contribution in [0.4, 0.5) is 5.69 Å². The first-order valence-electron chi connectivity index (χ1n) is 10.3. The Hall–Kier alpha value is -3.52. The molecule has 1 atom stereocenters. The number of H-pyrrole nitrogens is 1. The fraction of sp³-hybridized carbons (Fsp3) is 0.208. The Morgan fingerprint density at radius 2 is 1.78 bits per heavy atom. The van der Waals surface area contributed by atoms with Gasteiger partial charge in [0.25, 0.3) is 0 Å². The standard InChI is InChI=1S/C24H25N5O2S/c1-17-5-3-8-22(18(17)2)24(23-14-27-16-28-23)20-6-4-7-21(11-20)29-32(30,31)10-9-19-12-25-15-26-13-19/h3-8,11-16,24,29H,9-10H2,1-2H3,(H,27,28). The Bertz CT molecular complexity index is 1290. The lowest BCUT2D eigenvalue weighted by atomic mass is 9.85. The predicted octanol–water partition coefficient (Wildman–Crippen LogP) is 3.98. The highest BCUT2D eigenvalue weighted by molar-refractivity contribution is 7.92. The summed E-state index contributed by atoms with van der Waals surface area (Å²) in [7, 11) is -3.53. The highest BCUT2D eigenvalue weighted by Crippen LogP contribution is 2.34. The molecule has 32 heavy (non-hydrogen) atoms. The van der Waals surface area contributed by atoms with Gasteiger partial charge in [-0.05, 0) is 60.2 Å². The van der Waals surface area contributed by atoms with Crippen molar-refractivity contribution in [2.24, 2.45) is 0 Å². The lowest BCUT2D eigenvalue weighted by molar-refractivity contribution is 0.600. The number of aromatic amines is 1. The molecule has 7 nitrogen and oxygen atoms in total. The molecule has 0 saturated carbocycles. The fourth-order valence-corrected chi connectivity index (χ4v) is 4.85. The third-order valence-corrected chi connectivity index (χ3v) is 6.84. The molecule has 4 rings (SSSR count). The van der Waals surface area contributed by atoms with Gasteiger partial charge in [0.1, 0.15) is 6.33 Å². The second-order valence-corrected chi connectivity index (χ2v) is 9.61. The van der Waals surface area contributed by atoms with E-state index in [4.69, 9.17) is 0 Å². The van der Waals surface area contributed by atoms with Crippen molar-refractivity contribution in [1.82, 2.24) is 19.9 Å². The van der Waals surface area contributed by atoms with E-state index in [9.17, 15) is 8.42 Å². The first-order chi connectivity index (χ1) is 15.4. The third-order valence-electron chi connectivity index (χ3n) is 5.55. The van der Waals surface area contributed by atoms with Crippen LogP contribution in [0.1, 0.15) is 39.4 Å². The van der Waals surface area contributed by atoms with Gasteiger partial charge in [0, 0.05) is 30.0 Å². The molecule has 164 valence electrons. The van der Waals surface area contributed by atoms with Gasteiger partial charge in [-0.25, -0.2) is 23.4 Å². The number of hydrogen-bond acceptors (Lipinski definition) is 5. The smallest absolute Gasteiger partial charge is 0.233 e. The van der Waals surface area contributed by atoms with Gasteiger partial charge in [0.2, 0.25) is 10.0 Å².